The lowest BCUT2D eigenvalue weighted by Gasteiger charge is -2.03. The van der Waals surface area contributed by atoms with Gasteiger partial charge in [-0.1, -0.05) is 0 Å². The number of aromatic nitrogens is 1. The van der Waals surface area contributed by atoms with E-state index in [4.69, 9.17) is 0 Å². The highest BCUT2D eigenvalue weighted by molar-refractivity contribution is 7.12. The van der Waals surface area contributed by atoms with Crippen LogP contribution in [-0.4, -0.2) is 10.4 Å². The minimum absolute atomic E-state index is 0.0279. The van der Waals surface area contributed by atoms with Gasteiger partial charge in [0.05, 0.1) is 0 Å². The highest BCUT2D eigenvalue weighted by Crippen LogP contribution is 2.17. The molecule has 0 aliphatic rings. The molecular formula is C18H15NOS. The van der Waals surface area contributed by atoms with Gasteiger partial charge in [0.15, 0.2) is 5.78 Å². The molecule has 3 heteroatoms. The van der Waals surface area contributed by atoms with Crippen LogP contribution in [0.15, 0.2) is 67.0 Å². The van der Waals surface area contributed by atoms with Crippen molar-refractivity contribution in [2.45, 2.75) is 6.92 Å². The number of aryl methyl sites for hydroxylation is 1. The first-order valence-electron chi connectivity index (χ1n) is 6.75. The van der Waals surface area contributed by atoms with E-state index in [1.165, 1.54) is 4.88 Å². The van der Waals surface area contributed by atoms with Gasteiger partial charge in [-0.15, -0.1) is 11.3 Å². The molecule has 3 rings (SSSR count). The third kappa shape index (κ3) is 3.20. The molecule has 1 aromatic carbocycles. The lowest BCUT2D eigenvalue weighted by molar-refractivity contribution is 0.104. The molecule has 0 bridgehead atoms. The number of hydrogen-bond donors (Lipinski definition) is 0. The first kappa shape index (κ1) is 13.6. The van der Waals surface area contributed by atoms with Crippen LogP contribution in [0.5, 0.6) is 0 Å². The molecule has 0 atom stereocenters. The van der Waals surface area contributed by atoms with Crippen molar-refractivity contribution in [2.24, 2.45) is 0 Å². The van der Waals surface area contributed by atoms with E-state index >= 15 is 0 Å². The van der Waals surface area contributed by atoms with Crippen LogP contribution in [0.25, 0.3) is 11.8 Å². The van der Waals surface area contributed by atoms with Crippen molar-refractivity contribution < 1.29 is 4.79 Å². The van der Waals surface area contributed by atoms with Crippen molar-refractivity contribution >= 4 is 23.2 Å². The number of nitrogens with zero attached hydrogens (tertiary/aromatic N) is 1. The Morgan fingerprint density at radius 3 is 2.38 bits per heavy atom. The quantitative estimate of drug-likeness (QED) is 0.503. The second-order valence-corrected chi connectivity index (χ2v) is 6.10. The average molecular weight is 293 g/mol. The largest absolute Gasteiger partial charge is 0.324 e. The van der Waals surface area contributed by atoms with Crippen LogP contribution in [0.1, 0.15) is 20.1 Å². The molecule has 0 spiro atoms. The molecule has 0 unspecified atom stereocenters. The lowest BCUT2D eigenvalue weighted by Crippen LogP contribution is -1.95. The summed E-state index contributed by atoms with van der Waals surface area (Å²) in [4.78, 5) is 14.5. The number of carbonyl (C=O) groups excluding carboxylic acids is 1. The summed E-state index contributed by atoms with van der Waals surface area (Å²) < 4.78 is 2.01. The standard InChI is InChI=1S/C18H15NOS/c1-14-4-9-17(21-14)10-11-18(20)15-5-7-16(8-6-15)19-12-2-3-13-19/h2-13H,1H3/b11-10+. The van der Waals surface area contributed by atoms with Crippen LogP contribution in [-0.2, 0) is 0 Å². The molecule has 0 fully saturated rings. The Morgan fingerprint density at radius 1 is 1.05 bits per heavy atom. The molecule has 0 saturated carbocycles. The third-order valence-corrected chi connectivity index (χ3v) is 4.18. The summed E-state index contributed by atoms with van der Waals surface area (Å²) in [5, 5.41) is 0. The molecule has 2 nitrogen and oxygen atoms in total. The predicted octanol–water partition coefficient (Wildman–Crippen LogP) is 4.74. The van der Waals surface area contributed by atoms with Crippen LogP contribution in [0.3, 0.4) is 0 Å². The van der Waals surface area contributed by atoms with Crippen LogP contribution >= 0.6 is 11.3 Å². The summed E-state index contributed by atoms with van der Waals surface area (Å²) in [5.74, 6) is 0.0279. The van der Waals surface area contributed by atoms with Crippen molar-refractivity contribution in [3.8, 4) is 5.69 Å². The lowest BCUT2D eigenvalue weighted by atomic mass is 10.1. The van der Waals surface area contributed by atoms with Gasteiger partial charge in [0, 0.05) is 33.4 Å². The number of rotatable bonds is 4. The number of hydrogen-bond acceptors (Lipinski definition) is 2. The van der Waals surface area contributed by atoms with Gasteiger partial charge in [-0.3, -0.25) is 4.79 Å². The zero-order valence-electron chi connectivity index (χ0n) is 11.7. The topological polar surface area (TPSA) is 22.0 Å². The maximum atomic E-state index is 12.1. The highest BCUT2D eigenvalue weighted by atomic mass is 32.1. The smallest absolute Gasteiger partial charge is 0.185 e. The van der Waals surface area contributed by atoms with Crippen molar-refractivity contribution in [1.82, 2.24) is 4.57 Å². The molecule has 0 aliphatic carbocycles. The summed E-state index contributed by atoms with van der Waals surface area (Å²) >= 11 is 1.68. The van der Waals surface area contributed by atoms with Crippen molar-refractivity contribution in [1.29, 1.82) is 0 Å². The zero-order valence-corrected chi connectivity index (χ0v) is 12.5. The minimum atomic E-state index is 0.0279. The SMILES string of the molecule is Cc1ccc(/C=C/C(=O)c2ccc(-n3cccc3)cc2)s1. The average Bonchev–Trinajstić information content (AvgIpc) is 3.16. The molecular weight excluding hydrogens is 278 g/mol. The van der Waals surface area contributed by atoms with Gasteiger partial charge in [0.25, 0.3) is 0 Å². The summed E-state index contributed by atoms with van der Waals surface area (Å²) in [6, 6.07) is 15.7. The van der Waals surface area contributed by atoms with E-state index in [0.717, 1.165) is 10.6 Å². The maximum absolute atomic E-state index is 12.1. The van der Waals surface area contributed by atoms with E-state index < -0.39 is 0 Å². The highest BCUT2D eigenvalue weighted by Gasteiger charge is 2.02. The molecule has 2 aromatic heterocycles. The van der Waals surface area contributed by atoms with Gasteiger partial charge in [-0.05, 0) is 67.6 Å². The Morgan fingerprint density at radius 2 is 1.76 bits per heavy atom. The van der Waals surface area contributed by atoms with Gasteiger partial charge in [-0.25, -0.2) is 0 Å². The Kier molecular flexibility index (Phi) is 3.84. The monoisotopic (exact) mass is 293 g/mol. The Bertz CT molecular complexity index is 764. The van der Waals surface area contributed by atoms with Crippen LogP contribution in [0.2, 0.25) is 0 Å². The molecule has 0 N–H and O–H groups in total. The van der Waals surface area contributed by atoms with Gasteiger partial charge >= 0.3 is 0 Å². The zero-order chi connectivity index (χ0) is 14.7. The molecule has 0 amide bonds. The number of benzene rings is 1. The van der Waals surface area contributed by atoms with Gasteiger partial charge in [0.2, 0.25) is 0 Å². The molecule has 3 aromatic rings. The number of carbonyl (C=O) groups is 1. The summed E-state index contributed by atoms with van der Waals surface area (Å²) in [6.45, 7) is 2.06. The fourth-order valence-corrected chi connectivity index (χ4v) is 2.88. The van der Waals surface area contributed by atoms with Gasteiger partial charge in [-0.2, -0.15) is 0 Å². The van der Waals surface area contributed by atoms with Crippen LogP contribution < -0.4 is 0 Å². The van der Waals surface area contributed by atoms with Gasteiger partial charge in [0.1, 0.15) is 0 Å². The number of ketones is 1. The molecule has 0 aliphatic heterocycles. The fourth-order valence-electron chi connectivity index (χ4n) is 2.10. The van der Waals surface area contributed by atoms with Crippen molar-refractivity contribution in [3.63, 3.8) is 0 Å². The normalized spacial score (nSPS) is 11.1. The molecule has 2 heterocycles. The maximum Gasteiger partial charge on any atom is 0.185 e. The van der Waals surface area contributed by atoms with E-state index in [2.05, 4.69) is 13.0 Å². The summed E-state index contributed by atoms with van der Waals surface area (Å²) in [5.41, 5.74) is 1.75. The van der Waals surface area contributed by atoms with E-state index in [0.29, 0.717) is 5.56 Å². The van der Waals surface area contributed by atoms with E-state index in [-0.39, 0.29) is 5.78 Å². The van der Waals surface area contributed by atoms with Crippen LogP contribution in [0.4, 0.5) is 0 Å². The Hall–Kier alpha value is -2.39. The van der Waals surface area contributed by atoms with Crippen LogP contribution in [0, 0.1) is 6.92 Å². The van der Waals surface area contributed by atoms with Crippen molar-refractivity contribution in [2.75, 3.05) is 0 Å². The summed E-state index contributed by atoms with van der Waals surface area (Å²) in [6.07, 6.45) is 7.47. The molecule has 21 heavy (non-hydrogen) atoms. The van der Waals surface area contributed by atoms with E-state index in [1.54, 1.807) is 17.4 Å². The second kappa shape index (κ2) is 5.94. The number of allylic oxidation sites excluding steroid dienone is 1. The second-order valence-electron chi connectivity index (χ2n) is 4.78. The molecule has 0 saturated heterocycles. The first-order valence-corrected chi connectivity index (χ1v) is 7.56. The fraction of sp³-hybridized carbons (Fsp3) is 0.0556. The van der Waals surface area contributed by atoms with Crippen molar-refractivity contribution in [3.05, 3.63) is 82.3 Å². The summed E-state index contributed by atoms with van der Waals surface area (Å²) in [7, 11) is 0. The van der Waals surface area contributed by atoms with E-state index in [9.17, 15) is 4.79 Å². The molecule has 104 valence electrons. The minimum Gasteiger partial charge on any atom is -0.324 e. The Balaban J connectivity index is 1.74. The predicted molar refractivity (Wildman–Crippen MR) is 88.2 cm³/mol. The van der Waals surface area contributed by atoms with E-state index in [1.807, 2.05) is 65.5 Å². The number of thiophene rings is 1. The first-order chi connectivity index (χ1) is 10.2. The Labute approximate surface area is 128 Å². The molecule has 0 radical (unpaired) electrons. The van der Waals surface area contributed by atoms with Gasteiger partial charge < -0.3 is 4.57 Å². The third-order valence-electron chi connectivity index (χ3n) is 3.21.